The molecule has 0 radical (unpaired) electrons. The highest BCUT2D eigenvalue weighted by Crippen LogP contribution is 2.40. The molecular weight excluding hydrogens is 252 g/mol. The van der Waals surface area contributed by atoms with E-state index in [0.29, 0.717) is 10.7 Å². The zero-order valence-corrected chi connectivity index (χ0v) is 11.5. The van der Waals surface area contributed by atoms with Gasteiger partial charge < -0.3 is 14.7 Å². The molecule has 2 N–H and O–H groups in total. The molecule has 4 nitrogen and oxygen atoms in total. The highest BCUT2D eigenvalue weighted by molar-refractivity contribution is 6.32. The van der Waals surface area contributed by atoms with Crippen molar-refractivity contribution in [3.8, 4) is 17.0 Å². The average Bonchev–Trinajstić information content (AvgIpc) is 2.77. The zero-order chi connectivity index (χ0) is 13.4. The fourth-order valence-corrected chi connectivity index (χ4v) is 2.37. The van der Waals surface area contributed by atoms with Gasteiger partial charge in [-0.2, -0.15) is 0 Å². The molecule has 0 bridgehead atoms. The first-order valence-corrected chi connectivity index (χ1v) is 5.96. The Morgan fingerprint density at radius 1 is 1.17 bits per heavy atom. The van der Waals surface area contributed by atoms with Crippen LogP contribution >= 0.6 is 11.6 Å². The van der Waals surface area contributed by atoms with Crippen molar-refractivity contribution in [2.24, 2.45) is 0 Å². The summed E-state index contributed by atoms with van der Waals surface area (Å²) in [7, 11) is 1.61. The maximum absolute atomic E-state index is 11.2. The lowest BCUT2D eigenvalue weighted by Gasteiger charge is -2.17. The summed E-state index contributed by atoms with van der Waals surface area (Å²) < 4.78 is 5.46. The van der Waals surface area contributed by atoms with Crippen LogP contribution in [0.1, 0.15) is 16.7 Å². The third kappa shape index (κ3) is 1.82. The Hall–Kier alpha value is -1.68. The molecule has 0 saturated carbocycles. The minimum Gasteiger partial charge on any atom is -0.496 e. The van der Waals surface area contributed by atoms with Gasteiger partial charge in [0.05, 0.1) is 12.8 Å². The number of benzene rings is 1. The molecule has 5 heteroatoms. The van der Waals surface area contributed by atoms with E-state index in [1.54, 1.807) is 13.3 Å². The van der Waals surface area contributed by atoms with Crippen LogP contribution in [0.15, 0.2) is 11.0 Å². The normalized spacial score (nSPS) is 10.7. The third-order valence-corrected chi connectivity index (χ3v) is 3.80. The predicted molar refractivity (Wildman–Crippen MR) is 72.6 cm³/mol. The second-order valence-corrected chi connectivity index (χ2v) is 4.63. The second kappa shape index (κ2) is 4.53. The lowest BCUT2D eigenvalue weighted by atomic mass is 9.97. The molecule has 96 valence electrons. The molecule has 2 rings (SSSR count). The summed E-state index contributed by atoms with van der Waals surface area (Å²) in [5, 5.41) is 0.699. The maximum atomic E-state index is 11.2. The van der Waals surface area contributed by atoms with E-state index in [4.69, 9.17) is 16.3 Å². The molecule has 2 aromatic rings. The molecule has 0 unspecified atom stereocenters. The van der Waals surface area contributed by atoms with Gasteiger partial charge in [0.2, 0.25) is 0 Å². The van der Waals surface area contributed by atoms with E-state index in [1.807, 2.05) is 20.8 Å². The van der Waals surface area contributed by atoms with Crippen molar-refractivity contribution in [3.05, 3.63) is 38.4 Å². The van der Waals surface area contributed by atoms with E-state index in [-0.39, 0.29) is 5.69 Å². The van der Waals surface area contributed by atoms with Gasteiger partial charge in [-0.25, -0.2) is 4.79 Å². The Labute approximate surface area is 110 Å². The Balaban J connectivity index is 2.85. The van der Waals surface area contributed by atoms with Gasteiger partial charge in [0.25, 0.3) is 0 Å². The van der Waals surface area contributed by atoms with Crippen LogP contribution in [-0.4, -0.2) is 17.1 Å². The van der Waals surface area contributed by atoms with Crippen LogP contribution < -0.4 is 10.4 Å². The van der Waals surface area contributed by atoms with Crippen LogP contribution in [-0.2, 0) is 0 Å². The average molecular weight is 267 g/mol. The topological polar surface area (TPSA) is 57.9 Å². The van der Waals surface area contributed by atoms with E-state index >= 15 is 0 Å². The summed E-state index contributed by atoms with van der Waals surface area (Å²) in [5.74, 6) is 0.740. The smallest absolute Gasteiger partial charge is 0.323 e. The number of imidazole rings is 1. The SMILES string of the molecule is COc1c(C)c(C)c(Cl)c(C)c1-c1c[nH]c(=O)[nH]1. The first-order valence-electron chi connectivity index (χ1n) is 5.58. The van der Waals surface area contributed by atoms with Gasteiger partial charge in [0.1, 0.15) is 5.75 Å². The number of hydrogen-bond donors (Lipinski definition) is 2. The zero-order valence-electron chi connectivity index (χ0n) is 10.8. The summed E-state index contributed by atoms with van der Waals surface area (Å²) >= 11 is 6.32. The standard InChI is InChI=1S/C13H15ClN2O2/c1-6-7(2)12(18-4)10(8(3)11(6)14)9-5-15-13(17)16-9/h5H,1-4H3,(H2,15,16,17). The maximum Gasteiger partial charge on any atom is 0.323 e. The largest absolute Gasteiger partial charge is 0.496 e. The molecule has 0 aliphatic carbocycles. The number of halogens is 1. The van der Waals surface area contributed by atoms with Crippen molar-refractivity contribution < 1.29 is 4.74 Å². The van der Waals surface area contributed by atoms with Crippen LogP contribution in [0.3, 0.4) is 0 Å². The summed E-state index contributed by atoms with van der Waals surface area (Å²) in [4.78, 5) is 16.5. The quantitative estimate of drug-likeness (QED) is 0.878. The molecule has 1 aromatic carbocycles. The summed E-state index contributed by atoms with van der Waals surface area (Å²) in [6.45, 7) is 5.82. The van der Waals surface area contributed by atoms with Gasteiger partial charge in [-0.1, -0.05) is 11.6 Å². The monoisotopic (exact) mass is 266 g/mol. The number of H-pyrrole nitrogens is 2. The van der Waals surface area contributed by atoms with E-state index in [9.17, 15) is 4.79 Å². The van der Waals surface area contributed by atoms with Gasteiger partial charge in [0, 0.05) is 16.8 Å². The number of aromatic nitrogens is 2. The number of methoxy groups -OCH3 is 1. The molecule has 0 atom stereocenters. The summed E-state index contributed by atoms with van der Waals surface area (Å²) in [5.41, 5.74) is 4.12. The van der Waals surface area contributed by atoms with Crippen molar-refractivity contribution >= 4 is 11.6 Å². The van der Waals surface area contributed by atoms with Crippen LogP contribution in [0.25, 0.3) is 11.3 Å². The van der Waals surface area contributed by atoms with Crippen LogP contribution in [0.2, 0.25) is 5.02 Å². The molecule has 1 heterocycles. The van der Waals surface area contributed by atoms with Crippen LogP contribution in [0.4, 0.5) is 0 Å². The minimum absolute atomic E-state index is 0.249. The molecule has 0 spiro atoms. The number of hydrogen-bond acceptors (Lipinski definition) is 2. The lowest BCUT2D eigenvalue weighted by molar-refractivity contribution is 0.412. The number of nitrogens with one attached hydrogen (secondary N) is 2. The van der Waals surface area contributed by atoms with Gasteiger partial charge >= 0.3 is 5.69 Å². The van der Waals surface area contributed by atoms with E-state index < -0.39 is 0 Å². The Bertz CT molecular complexity index is 656. The van der Waals surface area contributed by atoms with Crippen LogP contribution in [0.5, 0.6) is 5.75 Å². The Morgan fingerprint density at radius 3 is 2.33 bits per heavy atom. The second-order valence-electron chi connectivity index (χ2n) is 4.25. The fraction of sp³-hybridized carbons (Fsp3) is 0.308. The van der Waals surface area contributed by atoms with Crippen molar-refractivity contribution in [3.63, 3.8) is 0 Å². The fourth-order valence-electron chi connectivity index (χ4n) is 2.13. The highest BCUT2D eigenvalue weighted by Gasteiger charge is 2.19. The number of aromatic amines is 2. The van der Waals surface area contributed by atoms with E-state index in [1.165, 1.54) is 0 Å². The Morgan fingerprint density at radius 2 is 1.83 bits per heavy atom. The molecule has 18 heavy (non-hydrogen) atoms. The molecule has 0 fully saturated rings. The van der Waals surface area contributed by atoms with E-state index in [2.05, 4.69) is 9.97 Å². The predicted octanol–water partition coefficient (Wildman–Crippen LogP) is 2.96. The van der Waals surface area contributed by atoms with Crippen molar-refractivity contribution in [2.75, 3.05) is 7.11 Å². The van der Waals surface area contributed by atoms with Gasteiger partial charge in [-0.05, 0) is 37.5 Å². The molecular formula is C13H15ClN2O2. The molecule has 0 saturated heterocycles. The third-order valence-electron chi connectivity index (χ3n) is 3.23. The summed E-state index contributed by atoms with van der Waals surface area (Å²) in [6.07, 6.45) is 1.62. The molecule has 0 aliphatic rings. The summed E-state index contributed by atoms with van der Waals surface area (Å²) in [6, 6.07) is 0. The minimum atomic E-state index is -0.249. The highest BCUT2D eigenvalue weighted by atomic mass is 35.5. The lowest BCUT2D eigenvalue weighted by Crippen LogP contribution is -2.02. The van der Waals surface area contributed by atoms with Gasteiger partial charge in [-0.15, -0.1) is 0 Å². The molecule has 0 aliphatic heterocycles. The van der Waals surface area contributed by atoms with E-state index in [0.717, 1.165) is 28.0 Å². The van der Waals surface area contributed by atoms with Gasteiger partial charge in [-0.3, -0.25) is 0 Å². The van der Waals surface area contributed by atoms with Crippen LogP contribution in [0, 0.1) is 20.8 Å². The number of ether oxygens (including phenoxy) is 1. The van der Waals surface area contributed by atoms with Crippen molar-refractivity contribution in [2.45, 2.75) is 20.8 Å². The first-order chi connectivity index (χ1) is 8.47. The Kier molecular flexibility index (Phi) is 3.22. The molecule has 1 aromatic heterocycles. The first kappa shape index (κ1) is 12.8. The van der Waals surface area contributed by atoms with Gasteiger partial charge in [0.15, 0.2) is 0 Å². The molecule has 0 amide bonds. The van der Waals surface area contributed by atoms with Crippen molar-refractivity contribution in [1.82, 2.24) is 9.97 Å². The van der Waals surface area contributed by atoms with Crippen molar-refractivity contribution in [1.29, 1.82) is 0 Å². The number of rotatable bonds is 2.